The van der Waals surface area contributed by atoms with Crippen LogP contribution in [0.4, 0.5) is 26.3 Å². The first-order valence-electron chi connectivity index (χ1n) is 11.9. The van der Waals surface area contributed by atoms with Gasteiger partial charge in [-0.1, -0.05) is 5.11 Å². The van der Waals surface area contributed by atoms with Crippen molar-refractivity contribution in [1.29, 1.82) is 0 Å². The molecule has 21 heteroatoms. The maximum absolute atomic E-state index is 12.5. The molecular weight excluding hydrogens is 608 g/mol. The number of fused-ring (bicyclic) bond motifs is 1. The number of halogens is 6. The number of nitrogens with two attached hydrogens (primary N) is 1. The normalized spacial score (nSPS) is 20.8. The predicted octanol–water partition coefficient (Wildman–Crippen LogP) is 2.66. The van der Waals surface area contributed by atoms with E-state index in [1.165, 1.54) is 23.1 Å². The number of thioether (sulfide) groups is 1. The fourth-order valence-electron chi connectivity index (χ4n) is 3.84. The second kappa shape index (κ2) is 16.1. The molecule has 5 N–H and O–H groups in total. The summed E-state index contributed by atoms with van der Waals surface area (Å²) < 4.78 is 63.5. The number of carbonyl (C=O) groups excluding carboxylic acids is 1. The summed E-state index contributed by atoms with van der Waals surface area (Å²) in [5, 5.41) is 26.9. The summed E-state index contributed by atoms with van der Waals surface area (Å²) >= 11 is 1.46. The Balaban J connectivity index is 0.000000522. The van der Waals surface area contributed by atoms with Crippen molar-refractivity contribution in [2.45, 2.75) is 49.5 Å². The van der Waals surface area contributed by atoms with Crippen molar-refractivity contribution in [2.24, 2.45) is 21.8 Å². The first kappa shape index (κ1) is 36.3. The number of carbonyl (C=O) groups is 4. The van der Waals surface area contributed by atoms with Gasteiger partial charge in [0.2, 0.25) is 0 Å². The van der Waals surface area contributed by atoms with Crippen LogP contribution in [0.25, 0.3) is 10.4 Å². The number of azide groups is 1. The molecule has 0 aromatic rings. The summed E-state index contributed by atoms with van der Waals surface area (Å²) in [7, 11) is 0. The topological polar surface area (TPSA) is 223 Å². The number of hydrogen-bond donors (Lipinski definition) is 4. The van der Waals surface area contributed by atoms with Crippen LogP contribution in [-0.4, -0.2) is 111 Å². The molecule has 3 rings (SSSR count). The van der Waals surface area contributed by atoms with Gasteiger partial charge in [0, 0.05) is 23.8 Å². The van der Waals surface area contributed by atoms with Crippen LogP contribution in [-0.2, 0) is 19.2 Å². The Morgan fingerprint density at radius 1 is 1.07 bits per heavy atom. The molecule has 1 amide bonds. The summed E-state index contributed by atoms with van der Waals surface area (Å²) in [4.78, 5) is 52.5. The van der Waals surface area contributed by atoms with E-state index < -0.39 is 36.3 Å². The van der Waals surface area contributed by atoms with Crippen LogP contribution in [0.3, 0.4) is 0 Å². The van der Waals surface area contributed by atoms with Crippen molar-refractivity contribution < 1.29 is 60.8 Å². The number of carboxylic acids is 3. The molecule has 3 aliphatic rings. The molecule has 0 radical (unpaired) electrons. The van der Waals surface area contributed by atoms with Crippen molar-refractivity contribution in [1.82, 2.24) is 9.80 Å². The average molecular weight is 636 g/mol. The lowest BCUT2D eigenvalue weighted by Gasteiger charge is -2.47. The number of alkyl halides is 6. The highest BCUT2D eigenvalue weighted by molar-refractivity contribution is 8.00. The van der Waals surface area contributed by atoms with E-state index >= 15 is 0 Å². The number of nitrogens with zero attached hydrogens (tertiary/aromatic N) is 6. The van der Waals surface area contributed by atoms with Crippen LogP contribution in [0.5, 0.6) is 0 Å². The minimum absolute atomic E-state index is 0.0470. The number of β-lactam (4-membered cyclic amide) rings is 1. The monoisotopic (exact) mass is 635 g/mol. The highest BCUT2D eigenvalue weighted by atomic mass is 32.2. The number of piperidine rings is 1. The molecule has 0 aliphatic carbocycles. The zero-order valence-corrected chi connectivity index (χ0v) is 22.4. The number of aliphatic imine (C=N–C) groups is 1. The highest BCUT2D eigenvalue weighted by Crippen LogP contribution is 2.41. The van der Waals surface area contributed by atoms with Crippen LogP contribution < -0.4 is 5.73 Å². The lowest BCUT2D eigenvalue weighted by atomic mass is 9.92. The van der Waals surface area contributed by atoms with Crippen molar-refractivity contribution >= 4 is 41.9 Å². The third-order valence-corrected chi connectivity index (χ3v) is 7.21. The first-order valence-corrected chi connectivity index (χ1v) is 13.0. The standard InChI is InChI=1S/C17H25N7O3S.2C2HF3O2/c18-5-1-2-11-3-6-23(7-4-11)10-20-13-15(25)24-14(17(26)27)12(8-21-22-19)9-28-16(13)24;2*3-2(4,5)1(6)7/h10-11,13,16H,1-9,18H2,(H,26,27);2*(H,6,7)/t13?,16-;;/m1../s1. The van der Waals surface area contributed by atoms with Gasteiger partial charge in [-0.15, -0.1) is 11.8 Å². The Morgan fingerprint density at radius 3 is 2.02 bits per heavy atom. The number of hydrogen-bond acceptors (Lipinski definition) is 8. The molecule has 42 heavy (non-hydrogen) atoms. The number of aliphatic carboxylic acids is 3. The molecule has 3 heterocycles. The minimum Gasteiger partial charge on any atom is -0.477 e. The maximum Gasteiger partial charge on any atom is 0.490 e. The van der Waals surface area contributed by atoms with Crippen LogP contribution >= 0.6 is 11.8 Å². The van der Waals surface area contributed by atoms with Gasteiger partial charge in [-0.2, -0.15) is 26.3 Å². The lowest BCUT2D eigenvalue weighted by molar-refractivity contribution is -0.193. The molecule has 0 bridgehead atoms. The van der Waals surface area contributed by atoms with Crippen molar-refractivity contribution in [3.63, 3.8) is 0 Å². The number of amides is 1. The Morgan fingerprint density at radius 2 is 1.60 bits per heavy atom. The Labute approximate surface area is 237 Å². The lowest BCUT2D eigenvalue weighted by Crippen LogP contribution is -2.64. The predicted molar refractivity (Wildman–Crippen MR) is 134 cm³/mol. The van der Waals surface area contributed by atoms with Crippen LogP contribution in [0, 0.1) is 5.92 Å². The van der Waals surface area contributed by atoms with Crippen LogP contribution in [0.1, 0.15) is 25.7 Å². The number of likely N-dealkylation sites (tertiary alicyclic amines) is 1. The molecule has 2 atom stereocenters. The van der Waals surface area contributed by atoms with Crippen LogP contribution in [0.15, 0.2) is 21.4 Å². The second-order valence-electron chi connectivity index (χ2n) is 8.78. The Kier molecular flexibility index (Phi) is 13.9. The van der Waals surface area contributed by atoms with Gasteiger partial charge in [0.15, 0.2) is 6.04 Å². The van der Waals surface area contributed by atoms with E-state index in [9.17, 15) is 41.0 Å². The summed E-state index contributed by atoms with van der Waals surface area (Å²) in [5.41, 5.74) is 14.4. The molecule has 0 spiro atoms. The Hall–Kier alpha value is -3.71. The summed E-state index contributed by atoms with van der Waals surface area (Å²) in [6.07, 6.45) is -3.99. The molecule has 236 valence electrons. The van der Waals surface area contributed by atoms with Gasteiger partial charge >= 0.3 is 30.3 Å². The zero-order chi connectivity index (χ0) is 32.3. The minimum atomic E-state index is -5.08. The third kappa shape index (κ3) is 10.9. The molecule has 2 fully saturated rings. The molecule has 14 nitrogen and oxygen atoms in total. The fourth-order valence-corrected chi connectivity index (χ4v) is 5.16. The maximum atomic E-state index is 12.5. The third-order valence-electron chi connectivity index (χ3n) is 5.89. The molecule has 2 saturated heterocycles. The summed E-state index contributed by atoms with van der Waals surface area (Å²) in [6, 6.07) is -0.560. The smallest absolute Gasteiger partial charge is 0.477 e. The van der Waals surface area contributed by atoms with E-state index in [4.69, 9.17) is 31.1 Å². The first-order chi connectivity index (χ1) is 19.4. The van der Waals surface area contributed by atoms with E-state index in [1.807, 2.05) is 0 Å². The number of rotatable bonds is 8. The van der Waals surface area contributed by atoms with E-state index in [-0.39, 0.29) is 23.5 Å². The van der Waals surface area contributed by atoms with Crippen molar-refractivity contribution in [2.75, 3.05) is 31.9 Å². The highest BCUT2D eigenvalue weighted by Gasteiger charge is 2.53. The molecular formula is C21H27F6N7O7S. The van der Waals surface area contributed by atoms with Gasteiger partial charge in [0.1, 0.15) is 11.1 Å². The average Bonchev–Trinajstić information content (AvgIpc) is 2.90. The van der Waals surface area contributed by atoms with Gasteiger partial charge in [0.05, 0.1) is 12.9 Å². The fraction of sp³-hybridized carbons (Fsp3) is 0.667. The molecule has 1 unspecified atom stereocenters. The summed E-state index contributed by atoms with van der Waals surface area (Å²) in [6.45, 7) is 2.52. The zero-order valence-electron chi connectivity index (χ0n) is 21.6. The largest absolute Gasteiger partial charge is 0.490 e. The molecule has 3 aliphatic heterocycles. The van der Waals surface area contributed by atoms with E-state index in [2.05, 4.69) is 19.9 Å². The van der Waals surface area contributed by atoms with E-state index in [0.29, 0.717) is 17.2 Å². The molecule has 0 aromatic carbocycles. The van der Waals surface area contributed by atoms with Gasteiger partial charge in [-0.05, 0) is 49.3 Å². The Bertz CT molecular complexity index is 1080. The molecule has 0 saturated carbocycles. The SMILES string of the molecule is O=C(O)C(F)(F)F.O=C(O)C(F)(F)F.[N-]=[N+]=NCC1=C(C(=O)O)N2C(=O)C(N=CN3CCC(CCCN)CC3)[C@H]2SC1. The van der Waals surface area contributed by atoms with Crippen LogP contribution in [0.2, 0.25) is 0 Å². The van der Waals surface area contributed by atoms with Gasteiger partial charge in [-0.3, -0.25) is 14.7 Å². The quantitative estimate of drug-likeness (QED) is 0.0580. The van der Waals surface area contributed by atoms with Gasteiger partial charge < -0.3 is 26.0 Å². The molecule has 0 aromatic heterocycles. The van der Waals surface area contributed by atoms with Gasteiger partial charge in [0.25, 0.3) is 5.91 Å². The van der Waals surface area contributed by atoms with E-state index in [0.717, 1.165) is 38.9 Å². The van der Waals surface area contributed by atoms with Crippen molar-refractivity contribution in [3.8, 4) is 0 Å². The summed E-state index contributed by atoms with van der Waals surface area (Å²) in [5.74, 6) is -5.89. The number of carboxylic acid groups (broad SMARTS) is 3. The van der Waals surface area contributed by atoms with Crippen molar-refractivity contribution in [3.05, 3.63) is 21.7 Å². The van der Waals surface area contributed by atoms with E-state index in [1.54, 1.807) is 6.34 Å². The second-order valence-corrected chi connectivity index (χ2v) is 9.89. The van der Waals surface area contributed by atoms with Gasteiger partial charge in [-0.25, -0.2) is 14.4 Å².